The molecule has 2 atom stereocenters. The molecular formula is C17H25N3O2. The van der Waals surface area contributed by atoms with E-state index in [2.05, 4.69) is 24.1 Å². The molecule has 1 aromatic heterocycles. The second kappa shape index (κ2) is 4.93. The van der Waals surface area contributed by atoms with E-state index in [4.69, 9.17) is 0 Å². The number of fused-ring (bicyclic) bond motifs is 2. The molecule has 0 radical (unpaired) electrons. The SMILES string of the molecule is CC1(C)[C@]2(C(=O)NCCCn3ccnc3)CC[C@]1(C)C(=O)C2. The minimum Gasteiger partial charge on any atom is -0.356 e. The number of ketones is 1. The fourth-order valence-electron chi connectivity index (χ4n) is 4.41. The predicted molar refractivity (Wildman–Crippen MR) is 83.0 cm³/mol. The summed E-state index contributed by atoms with van der Waals surface area (Å²) in [5, 5.41) is 3.07. The Bertz CT molecular complexity index is 593. The molecule has 2 aliphatic carbocycles. The first-order valence-electron chi connectivity index (χ1n) is 8.11. The second-order valence-electron chi connectivity index (χ2n) is 7.55. The Kier molecular flexibility index (Phi) is 3.42. The van der Waals surface area contributed by atoms with Gasteiger partial charge in [0.2, 0.25) is 5.91 Å². The third-order valence-electron chi connectivity index (χ3n) is 6.58. The maximum Gasteiger partial charge on any atom is 0.227 e. The summed E-state index contributed by atoms with van der Waals surface area (Å²) in [6.07, 6.45) is 8.39. The second-order valence-corrected chi connectivity index (χ2v) is 7.55. The zero-order valence-electron chi connectivity index (χ0n) is 13.7. The highest BCUT2D eigenvalue weighted by Gasteiger charge is 2.72. The average molecular weight is 303 g/mol. The molecule has 0 aliphatic heterocycles. The van der Waals surface area contributed by atoms with Gasteiger partial charge in [0.05, 0.1) is 11.7 Å². The number of aryl methyl sites for hydroxylation is 1. The lowest BCUT2D eigenvalue weighted by Gasteiger charge is -2.38. The highest BCUT2D eigenvalue weighted by Crippen LogP contribution is 2.70. The molecule has 0 saturated heterocycles. The van der Waals surface area contributed by atoms with E-state index in [1.807, 2.05) is 17.7 Å². The molecule has 0 unspecified atom stereocenters. The van der Waals surface area contributed by atoms with Crippen molar-refractivity contribution in [2.45, 2.75) is 53.0 Å². The summed E-state index contributed by atoms with van der Waals surface area (Å²) >= 11 is 0. The third kappa shape index (κ3) is 1.87. The number of rotatable bonds is 5. The lowest BCUT2D eigenvalue weighted by atomic mass is 9.64. The normalized spacial score (nSPS) is 32.4. The van der Waals surface area contributed by atoms with Crippen LogP contribution < -0.4 is 5.32 Å². The highest BCUT2D eigenvalue weighted by atomic mass is 16.2. The van der Waals surface area contributed by atoms with Crippen LogP contribution in [0.2, 0.25) is 0 Å². The number of Topliss-reactive ketones (excluding diaryl/α,β-unsaturated/α-hetero) is 1. The summed E-state index contributed by atoms with van der Waals surface area (Å²) in [6.45, 7) is 7.70. The van der Waals surface area contributed by atoms with E-state index in [1.165, 1.54) is 0 Å². The summed E-state index contributed by atoms with van der Waals surface area (Å²) < 4.78 is 2.00. The number of aromatic nitrogens is 2. The summed E-state index contributed by atoms with van der Waals surface area (Å²) in [6, 6.07) is 0. The standard InChI is InChI=1S/C17H25N3O2/c1-15(2)16(3)5-6-17(15,11-13(16)21)14(22)19-7-4-9-20-10-8-18-12-20/h8,10,12H,4-7,9,11H2,1-3H3,(H,19,22)/t16-,17-/m1/s1. The quantitative estimate of drug-likeness (QED) is 0.848. The average Bonchev–Trinajstić information content (AvgIpc) is 3.08. The van der Waals surface area contributed by atoms with E-state index in [9.17, 15) is 9.59 Å². The van der Waals surface area contributed by atoms with Crippen LogP contribution in [0.1, 0.15) is 46.5 Å². The first-order valence-corrected chi connectivity index (χ1v) is 8.11. The number of imidazole rings is 1. The topological polar surface area (TPSA) is 64.0 Å². The summed E-state index contributed by atoms with van der Waals surface area (Å²) in [7, 11) is 0. The molecule has 1 heterocycles. The van der Waals surface area contributed by atoms with E-state index in [0.717, 1.165) is 25.8 Å². The molecule has 2 saturated carbocycles. The van der Waals surface area contributed by atoms with Gasteiger partial charge in [-0.2, -0.15) is 0 Å². The van der Waals surface area contributed by atoms with Crippen LogP contribution in [0.25, 0.3) is 0 Å². The van der Waals surface area contributed by atoms with Gasteiger partial charge in [-0.1, -0.05) is 20.8 Å². The van der Waals surface area contributed by atoms with Crippen LogP contribution >= 0.6 is 0 Å². The fraction of sp³-hybridized carbons (Fsp3) is 0.706. The van der Waals surface area contributed by atoms with Gasteiger partial charge < -0.3 is 9.88 Å². The molecule has 22 heavy (non-hydrogen) atoms. The zero-order chi connectivity index (χ0) is 16.0. The van der Waals surface area contributed by atoms with Crippen molar-refractivity contribution in [2.24, 2.45) is 16.2 Å². The Hall–Kier alpha value is -1.65. The monoisotopic (exact) mass is 303 g/mol. The van der Waals surface area contributed by atoms with Crippen LogP contribution in [0, 0.1) is 16.2 Å². The van der Waals surface area contributed by atoms with Crippen molar-refractivity contribution in [3.8, 4) is 0 Å². The predicted octanol–water partition coefficient (Wildman–Crippen LogP) is 2.17. The summed E-state index contributed by atoms with van der Waals surface area (Å²) in [5.74, 6) is 0.329. The molecule has 0 aromatic carbocycles. The summed E-state index contributed by atoms with van der Waals surface area (Å²) in [4.78, 5) is 29.2. The van der Waals surface area contributed by atoms with Crippen LogP contribution in [-0.4, -0.2) is 27.8 Å². The minimum absolute atomic E-state index is 0.0673. The van der Waals surface area contributed by atoms with Gasteiger partial charge in [-0.3, -0.25) is 9.59 Å². The maximum atomic E-state index is 12.8. The van der Waals surface area contributed by atoms with Gasteiger partial charge in [0.15, 0.2) is 0 Å². The first kappa shape index (κ1) is 15.3. The minimum atomic E-state index is -0.506. The maximum absolute atomic E-state index is 12.8. The Morgan fingerprint density at radius 1 is 1.36 bits per heavy atom. The van der Waals surface area contributed by atoms with Crippen molar-refractivity contribution in [3.05, 3.63) is 18.7 Å². The number of carbonyl (C=O) groups is 2. The molecule has 0 spiro atoms. The van der Waals surface area contributed by atoms with Gasteiger partial charge in [-0.15, -0.1) is 0 Å². The van der Waals surface area contributed by atoms with Gasteiger partial charge in [-0.25, -0.2) is 4.98 Å². The smallest absolute Gasteiger partial charge is 0.227 e. The van der Waals surface area contributed by atoms with Crippen molar-refractivity contribution >= 4 is 11.7 Å². The van der Waals surface area contributed by atoms with Crippen molar-refractivity contribution in [1.82, 2.24) is 14.9 Å². The van der Waals surface area contributed by atoms with Crippen molar-refractivity contribution in [2.75, 3.05) is 6.54 Å². The van der Waals surface area contributed by atoms with E-state index < -0.39 is 5.41 Å². The van der Waals surface area contributed by atoms with Crippen LogP contribution in [0.3, 0.4) is 0 Å². The number of nitrogens with zero attached hydrogens (tertiary/aromatic N) is 2. The van der Waals surface area contributed by atoms with Crippen molar-refractivity contribution in [1.29, 1.82) is 0 Å². The first-order chi connectivity index (χ1) is 10.3. The van der Waals surface area contributed by atoms with Gasteiger partial charge in [0.1, 0.15) is 5.78 Å². The third-order valence-corrected chi connectivity index (χ3v) is 6.58. The van der Waals surface area contributed by atoms with E-state index in [-0.39, 0.29) is 22.5 Å². The lowest BCUT2D eigenvalue weighted by Crippen LogP contribution is -2.47. The van der Waals surface area contributed by atoms with Gasteiger partial charge in [0.25, 0.3) is 0 Å². The molecule has 1 N–H and O–H groups in total. The molecule has 5 heteroatoms. The Labute approximate surface area is 131 Å². The molecule has 3 rings (SSSR count). The number of carbonyl (C=O) groups excluding carboxylic acids is 2. The van der Waals surface area contributed by atoms with Gasteiger partial charge in [0, 0.05) is 37.3 Å². The molecule has 1 aromatic rings. The van der Waals surface area contributed by atoms with E-state index >= 15 is 0 Å². The molecule has 2 bridgehead atoms. The van der Waals surface area contributed by atoms with Crippen molar-refractivity contribution < 1.29 is 9.59 Å². The van der Waals surface area contributed by atoms with Crippen LogP contribution in [-0.2, 0) is 16.1 Å². The van der Waals surface area contributed by atoms with Crippen LogP contribution in [0.15, 0.2) is 18.7 Å². The van der Waals surface area contributed by atoms with Crippen LogP contribution in [0.4, 0.5) is 0 Å². The Morgan fingerprint density at radius 3 is 2.68 bits per heavy atom. The molecule has 2 fully saturated rings. The molecule has 2 aliphatic rings. The van der Waals surface area contributed by atoms with E-state index in [1.54, 1.807) is 12.5 Å². The number of nitrogens with one attached hydrogen (secondary N) is 1. The molecule has 5 nitrogen and oxygen atoms in total. The molecule has 1 amide bonds. The van der Waals surface area contributed by atoms with Crippen molar-refractivity contribution in [3.63, 3.8) is 0 Å². The Balaban J connectivity index is 1.61. The molecular weight excluding hydrogens is 278 g/mol. The highest BCUT2D eigenvalue weighted by molar-refractivity contribution is 5.99. The van der Waals surface area contributed by atoms with E-state index in [0.29, 0.717) is 13.0 Å². The van der Waals surface area contributed by atoms with Crippen LogP contribution in [0.5, 0.6) is 0 Å². The number of hydrogen-bond donors (Lipinski definition) is 1. The molecule has 120 valence electrons. The Morgan fingerprint density at radius 2 is 2.14 bits per heavy atom. The summed E-state index contributed by atoms with van der Waals surface area (Å²) in [5.41, 5.74) is -1.10. The number of amides is 1. The number of hydrogen-bond acceptors (Lipinski definition) is 3. The zero-order valence-corrected chi connectivity index (χ0v) is 13.7. The van der Waals surface area contributed by atoms with Gasteiger partial charge in [-0.05, 0) is 24.7 Å². The lowest BCUT2D eigenvalue weighted by molar-refractivity contribution is -0.136. The fourth-order valence-corrected chi connectivity index (χ4v) is 4.41. The largest absolute Gasteiger partial charge is 0.356 e. The van der Waals surface area contributed by atoms with Gasteiger partial charge >= 0.3 is 0 Å².